The summed E-state index contributed by atoms with van der Waals surface area (Å²) in [5.41, 5.74) is 23.6. The molecule has 0 spiro atoms. The van der Waals surface area contributed by atoms with Crippen molar-refractivity contribution in [3.63, 3.8) is 0 Å². The SMILES string of the molecule is CC(C)(C)c1ccc2c(c1)N(c1ccccc1)c1cc(C(C)(C)C)cc3c1B2c1cc2c(cc1N3c1ccccc1)N(c1ccccc1)c1cccc3c1B2c1sc2ccccc2c1N3c1ccccc1. The summed E-state index contributed by atoms with van der Waals surface area (Å²) < 4.78 is 2.68. The van der Waals surface area contributed by atoms with E-state index in [1.54, 1.807) is 0 Å². The van der Waals surface area contributed by atoms with Gasteiger partial charge in [0.05, 0.1) is 5.69 Å². The first-order chi connectivity index (χ1) is 34.5. The lowest BCUT2D eigenvalue weighted by molar-refractivity contribution is 0.590. The van der Waals surface area contributed by atoms with Gasteiger partial charge in [0, 0.05) is 77.4 Å². The lowest BCUT2D eigenvalue weighted by atomic mass is 9.31. The Kier molecular flexibility index (Phi) is 9.14. The molecule has 0 bridgehead atoms. The van der Waals surface area contributed by atoms with Crippen LogP contribution in [-0.2, 0) is 10.8 Å². The van der Waals surface area contributed by atoms with Gasteiger partial charge in [0.15, 0.2) is 0 Å². The van der Waals surface area contributed by atoms with Crippen molar-refractivity contribution in [2.45, 2.75) is 52.4 Å². The predicted octanol–water partition coefficient (Wildman–Crippen LogP) is 13.7. The van der Waals surface area contributed by atoms with Gasteiger partial charge in [-0.1, -0.05) is 157 Å². The van der Waals surface area contributed by atoms with E-state index in [-0.39, 0.29) is 24.3 Å². The highest BCUT2D eigenvalue weighted by Crippen LogP contribution is 2.51. The molecule has 0 saturated carbocycles. The number of benzene rings is 9. The average Bonchev–Trinajstić information content (AvgIpc) is 3.77. The minimum atomic E-state index is -0.127. The minimum absolute atomic E-state index is 0.0183. The predicted molar refractivity (Wildman–Crippen MR) is 307 cm³/mol. The second kappa shape index (κ2) is 15.4. The molecule has 0 amide bonds. The molecule has 0 radical (unpaired) electrons. The van der Waals surface area contributed by atoms with Crippen LogP contribution in [0.3, 0.4) is 0 Å². The van der Waals surface area contributed by atoms with E-state index in [1.807, 2.05) is 11.3 Å². The molecule has 5 heterocycles. The monoisotopic (exact) mass is 930 g/mol. The molecule has 71 heavy (non-hydrogen) atoms. The Morgan fingerprint density at radius 3 is 1.32 bits per heavy atom. The van der Waals surface area contributed by atoms with E-state index in [0.29, 0.717) is 0 Å². The first-order valence-electron chi connectivity index (χ1n) is 25.1. The number of fused-ring (bicyclic) bond motifs is 10. The van der Waals surface area contributed by atoms with E-state index in [9.17, 15) is 0 Å². The molecule has 0 fully saturated rings. The van der Waals surface area contributed by atoms with Crippen molar-refractivity contribution >= 4 is 135 Å². The van der Waals surface area contributed by atoms with E-state index in [2.05, 4.69) is 267 Å². The van der Waals surface area contributed by atoms with Crippen LogP contribution >= 0.6 is 11.3 Å². The van der Waals surface area contributed by atoms with E-state index >= 15 is 0 Å². The number of hydrogen-bond donors (Lipinski definition) is 0. The minimum Gasteiger partial charge on any atom is -0.311 e. The van der Waals surface area contributed by atoms with Gasteiger partial charge in [0.25, 0.3) is 13.4 Å². The Morgan fingerprint density at radius 2 is 0.775 bits per heavy atom. The van der Waals surface area contributed by atoms with Crippen LogP contribution in [0.4, 0.5) is 68.2 Å². The van der Waals surface area contributed by atoms with Crippen molar-refractivity contribution in [3.8, 4) is 0 Å². The number of rotatable bonds is 4. The fourth-order valence-corrected chi connectivity index (χ4v) is 13.5. The zero-order chi connectivity index (χ0) is 47.9. The lowest BCUT2D eigenvalue weighted by Gasteiger charge is -2.47. The Morgan fingerprint density at radius 1 is 0.338 bits per heavy atom. The molecule has 4 aliphatic rings. The van der Waals surface area contributed by atoms with Crippen molar-refractivity contribution in [1.29, 1.82) is 0 Å². The van der Waals surface area contributed by atoms with Gasteiger partial charge >= 0.3 is 0 Å². The van der Waals surface area contributed by atoms with Gasteiger partial charge in [-0.3, -0.25) is 0 Å². The molecule has 4 aliphatic heterocycles. The third kappa shape index (κ3) is 6.25. The topological polar surface area (TPSA) is 13.0 Å². The summed E-state index contributed by atoms with van der Waals surface area (Å²) >= 11 is 1.96. The molecule has 4 nitrogen and oxygen atoms in total. The van der Waals surface area contributed by atoms with Crippen molar-refractivity contribution < 1.29 is 0 Å². The fourth-order valence-electron chi connectivity index (χ4n) is 12.2. The first-order valence-corrected chi connectivity index (χ1v) is 25.9. The van der Waals surface area contributed by atoms with Crippen molar-refractivity contribution in [2.24, 2.45) is 0 Å². The summed E-state index contributed by atoms with van der Waals surface area (Å²) in [4.78, 5) is 10.3. The van der Waals surface area contributed by atoms with Crippen LogP contribution in [-0.4, -0.2) is 13.4 Å². The van der Waals surface area contributed by atoms with Crippen LogP contribution < -0.4 is 51.7 Å². The van der Waals surface area contributed by atoms with E-state index in [4.69, 9.17) is 0 Å². The first kappa shape index (κ1) is 42.2. The Bertz CT molecular complexity index is 3770. The normalized spacial score (nSPS) is 14.2. The summed E-state index contributed by atoms with van der Waals surface area (Å²) in [5, 5.41) is 1.29. The molecule has 1 aromatic heterocycles. The third-order valence-electron chi connectivity index (χ3n) is 15.5. The Hall–Kier alpha value is -7.73. The highest BCUT2D eigenvalue weighted by atomic mass is 32.1. The van der Waals surface area contributed by atoms with Gasteiger partial charge < -0.3 is 19.6 Å². The molecule has 0 N–H and O–H groups in total. The van der Waals surface area contributed by atoms with Gasteiger partial charge in [-0.2, -0.15) is 0 Å². The molecular formula is C64H52B2N4S. The summed E-state index contributed by atoms with van der Waals surface area (Å²) in [6, 6.07) is 77.8. The van der Waals surface area contributed by atoms with Gasteiger partial charge in [-0.25, -0.2) is 0 Å². The number of nitrogens with zero attached hydrogens (tertiary/aromatic N) is 4. The van der Waals surface area contributed by atoms with Gasteiger partial charge in [-0.05, 0) is 140 Å². The molecule has 0 saturated heterocycles. The molecule has 14 rings (SSSR count). The number of hydrogen-bond acceptors (Lipinski definition) is 5. The zero-order valence-electron chi connectivity index (χ0n) is 41.0. The van der Waals surface area contributed by atoms with Crippen LogP contribution in [0.25, 0.3) is 10.1 Å². The maximum atomic E-state index is 2.65. The highest BCUT2D eigenvalue weighted by Gasteiger charge is 2.49. The number of anilines is 12. The molecule has 0 unspecified atom stereocenters. The van der Waals surface area contributed by atoms with Crippen LogP contribution in [0.1, 0.15) is 52.7 Å². The summed E-state index contributed by atoms with van der Waals surface area (Å²) in [5.74, 6) is 0. The molecule has 9 aromatic carbocycles. The van der Waals surface area contributed by atoms with Crippen LogP contribution in [0.15, 0.2) is 206 Å². The summed E-state index contributed by atoms with van der Waals surface area (Å²) in [6.07, 6.45) is 0. The molecular weight excluding hydrogens is 878 g/mol. The lowest BCUT2D eigenvalue weighted by Crippen LogP contribution is -2.65. The Labute approximate surface area is 422 Å². The quantitative estimate of drug-likeness (QED) is 0.163. The standard InChI is InChI=1S/C64H52B2N4S/c1-63(2,3)41-34-35-48-53(36-41)68(44-24-13-8-14-25-44)56-37-42(64(4,5)6)38-57-60(56)65(48)49-39-50-55(40-54(49)69(57)45-26-15-9-16-27-45)67(43-22-11-7-12-23-43)51-31-21-32-52-59(51)66(50)62-61(47-30-19-20-33-58(47)71-62)70(52)46-28-17-10-18-29-46/h7-40H,1-6H3. The van der Waals surface area contributed by atoms with Crippen molar-refractivity contribution in [2.75, 3.05) is 19.6 Å². The van der Waals surface area contributed by atoms with E-state index < -0.39 is 0 Å². The molecule has 10 aromatic rings. The molecule has 0 atom stereocenters. The molecule has 0 aliphatic carbocycles. The smallest absolute Gasteiger partial charge is 0.264 e. The van der Waals surface area contributed by atoms with E-state index in [0.717, 1.165) is 11.4 Å². The largest absolute Gasteiger partial charge is 0.311 e. The maximum absolute atomic E-state index is 2.65. The van der Waals surface area contributed by atoms with Crippen molar-refractivity contribution in [1.82, 2.24) is 0 Å². The van der Waals surface area contributed by atoms with Gasteiger partial charge in [0.2, 0.25) is 0 Å². The Balaban J connectivity index is 1.13. The second-order valence-electron chi connectivity index (χ2n) is 21.7. The zero-order valence-corrected chi connectivity index (χ0v) is 41.8. The number of para-hydroxylation sites is 4. The average molecular weight is 931 g/mol. The van der Waals surface area contributed by atoms with Crippen LogP contribution in [0, 0.1) is 0 Å². The van der Waals surface area contributed by atoms with Crippen LogP contribution in [0.5, 0.6) is 0 Å². The fraction of sp³-hybridized carbons (Fsp3) is 0.125. The highest BCUT2D eigenvalue weighted by molar-refractivity contribution is 7.33. The van der Waals surface area contributed by atoms with E-state index in [1.165, 1.54) is 110 Å². The summed E-state index contributed by atoms with van der Waals surface area (Å²) in [7, 11) is 0. The maximum Gasteiger partial charge on any atom is 0.264 e. The van der Waals surface area contributed by atoms with Crippen LogP contribution in [0.2, 0.25) is 0 Å². The van der Waals surface area contributed by atoms with Gasteiger partial charge in [0.1, 0.15) is 0 Å². The summed E-state index contributed by atoms with van der Waals surface area (Å²) in [6.45, 7) is 14.0. The van der Waals surface area contributed by atoms with Crippen molar-refractivity contribution in [3.05, 3.63) is 217 Å². The third-order valence-corrected chi connectivity index (χ3v) is 16.7. The van der Waals surface area contributed by atoms with Gasteiger partial charge in [-0.15, -0.1) is 11.3 Å². The second-order valence-corrected chi connectivity index (χ2v) is 22.8. The number of thiophene rings is 1. The molecule has 340 valence electrons. The molecule has 7 heteroatoms.